The lowest BCUT2D eigenvalue weighted by Gasteiger charge is -2.18. The van der Waals surface area contributed by atoms with Gasteiger partial charge in [0, 0.05) is 41.4 Å². The predicted octanol–water partition coefficient (Wildman–Crippen LogP) is 2.53. The highest BCUT2D eigenvalue weighted by Gasteiger charge is 2.18. The predicted molar refractivity (Wildman–Crippen MR) is 109 cm³/mol. The van der Waals surface area contributed by atoms with Crippen LogP contribution in [0.5, 0.6) is 5.75 Å². The Morgan fingerprint density at radius 2 is 1.83 bits per heavy atom. The van der Waals surface area contributed by atoms with Crippen molar-refractivity contribution in [1.29, 1.82) is 0 Å². The second-order valence-electron chi connectivity index (χ2n) is 5.86. The average molecular weight is 453 g/mol. The number of guanidine groups is 1. The zero-order chi connectivity index (χ0) is 16.6. The van der Waals surface area contributed by atoms with Crippen LogP contribution in [0.3, 0.4) is 0 Å². The lowest BCUT2D eigenvalue weighted by molar-refractivity contribution is 0.414. The van der Waals surface area contributed by atoms with Gasteiger partial charge in [0.25, 0.3) is 0 Å². The van der Waals surface area contributed by atoms with E-state index in [0.717, 1.165) is 11.3 Å². The molecule has 1 aromatic rings. The number of ether oxygens (including phenoxy) is 1. The molecule has 0 saturated carbocycles. The number of benzene rings is 1. The Morgan fingerprint density at radius 3 is 2.30 bits per heavy atom. The number of hydrogen-bond acceptors (Lipinski definition) is 3. The zero-order valence-electron chi connectivity index (χ0n) is 14.5. The van der Waals surface area contributed by atoms with Gasteiger partial charge in [0.2, 0.25) is 0 Å². The van der Waals surface area contributed by atoms with Crippen molar-refractivity contribution in [2.24, 2.45) is 4.99 Å². The minimum Gasteiger partial charge on any atom is -0.497 e. The van der Waals surface area contributed by atoms with Crippen molar-refractivity contribution in [3.8, 4) is 5.75 Å². The van der Waals surface area contributed by atoms with Crippen LogP contribution in [-0.2, 0) is 17.3 Å². The first-order valence-corrected chi connectivity index (χ1v) is 8.64. The van der Waals surface area contributed by atoms with Crippen LogP contribution in [0.2, 0.25) is 0 Å². The van der Waals surface area contributed by atoms with E-state index >= 15 is 0 Å². The standard InChI is InChI=1S/C16H27N3O2S.HI/c1-16(2,3)22(20)11-10-18-15(17-4)19-12-13-6-8-14(21-5)9-7-13;/h6-9H,10-12H2,1-5H3,(H2,17,18,19);1H. The van der Waals surface area contributed by atoms with Gasteiger partial charge >= 0.3 is 0 Å². The number of rotatable bonds is 6. The first kappa shape index (κ1) is 22.2. The van der Waals surface area contributed by atoms with Crippen molar-refractivity contribution in [2.45, 2.75) is 32.1 Å². The van der Waals surface area contributed by atoms with E-state index in [0.29, 0.717) is 24.8 Å². The molecule has 5 nitrogen and oxygen atoms in total. The molecule has 0 bridgehead atoms. The topological polar surface area (TPSA) is 62.7 Å². The molecule has 0 spiro atoms. The lowest BCUT2D eigenvalue weighted by Crippen LogP contribution is -2.40. The summed E-state index contributed by atoms with van der Waals surface area (Å²) in [6, 6.07) is 7.88. The monoisotopic (exact) mass is 453 g/mol. The minimum absolute atomic E-state index is 0. The molecule has 0 aliphatic rings. The van der Waals surface area contributed by atoms with Crippen molar-refractivity contribution in [2.75, 3.05) is 26.5 Å². The summed E-state index contributed by atoms with van der Waals surface area (Å²) in [5.74, 6) is 2.16. The van der Waals surface area contributed by atoms with Gasteiger partial charge in [-0.15, -0.1) is 24.0 Å². The number of aliphatic imine (C=N–C) groups is 1. The normalized spacial score (nSPS) is 13.0. The maximum absolute atomic E-state index is 12.0. The van der Waals surface area contributed by atoms with E-state index in [2.05, 4.69) is 15.6 Å². The van der Waals surface area contributed by atoms with Gasteiger partial charge in [-0.2, -0.15) is 0 Å². The van der Waals surface area contributed by atoms with Gasteiger partial charge in [-0.1, -0.05) is 12.1 Å². The van der Waals surface area contributed by atoms with Crippen LogP contribution in [-0.4, -0.2) is 41.4 Å². The molecular weight excluding hydrogens is 425 g/mol. The summed E-state index contributed by atoms with van der Waals surface area (Å²) in [4.78, 5) is 4.17. The van der Waals surface area contributed by atoms with Gasteiger partial charge in [-0.3, -0.25) is 9.20 Å². The SMILES string of the molecule is CN=C(NCCS(=O)C(C)(C)C)NCc1ccc(OC)cc1.I. The summed E-state index contributed by atoms with van der Waals surface area (Å²) in [6.45, 7) is 7.26. The molecular formula is C16H28IN3O2S. The first-order chi connectivity index (χ1) is 10.4. The Morgan fingerprint density at radius 1 is 1.22 bits per heavy atom. The highest BCUT2D eigenvalue weighted by molar-refractivity contribution is 14.0. The van der Waals surface area contributed by atoms with Crippen LogP contribution in [0.25, 0.3) is 0 Å². The van der Waals surface area contributed by atoms with Gasteiger partial charge < -0.3 is 15.4 Å². The molecule has 23 heavy (non-hydrogen) atoms. The third-order valence-electron chi connectivity index (χ3n) is 3.11. The summed E-state index contributed by atoms with van der Waals surface area (Å²) in [7, 11) is 2.52. The summed E-state index contributed by atoms with van der Waals surface area (Å²) >= 11 is 0. The van der Waals surface area contributed by atoms with Crippen LogP contribution in [0.4, 0.5) is 0 Å². The van der Waals surface area contributed by atoms with Crippen molar-refractivity contribution in [3.63, 3.8) is 0 Å². The molecule has 0 radical (unpaired) electrons. The average Bonchev–Trinajstić information content (AvgIpc) is 2.50. The molecule has 0 amide bonds. The van der Waals surface area contributed by atoms with E-state index in [1.807, 2.05) is 45.0 Å². The van der Waals surface area contributed by atoms with E-state index in [-0.39, 0.29) is 28.7 Å². The van der Waals surface area contributed by atoms with Gasteiger partial charge in [-0.25, -0.2) is 0 Å². The van der Waals surface area contributed by atoms with Crippen molar-refractivity contribution < 1.29 is 8.95 Å². The molecule has 0 saturated heterocycles. The number of methoxy groups -OCH3 is 1. The number of halogens is 1. The molecule has 0 heterocycles. The number of nitrogens with one attached hydrogen (secondary N) is 2. The van der Waals surface area contributed by atoms with E-state index in [9.17, 15) is 4.21 Å². The maximum atomic E-state index is 12.0. The summed E-state index contributed by atoms with van der Waals surface area (Å²) in [6.07, 6.45) is 0. The van der Waals surface area contributed by atoms with Crippen LogP contribution in [0, 0.1) is 0 Å². The van der Waals surface area contributed by atoms with Gasteiger partial charge in [-0.05, 0) is 38.5 Å². The van der Waals surface area contributed by atoms with E-state index in [1.165, 1.54) is 0 Å². The molecule has 7 heteroatoms. The second-order valence-corrected chi connectivity index (χ2v) is 8.19. The first-order valence-electron chi connectivity index (χ1n) is 7.32. The van der Waals surface area contributed by atoms with Crippen molar-refractivity contribution in [3.05, 3.63) is 29.8 Å². The van der Waals surface area contributed by atoms with E-state index in [1.54, 1.807) is 14.2 Å². The smallest absolute Gasteiger partial charge is 0.191 e. The van der Waals surface area contributed by atoms with Crippen molar-refractivity contribution in [1.82, 2.24) is 10.6 Å². The Hall–Kier alpha value is -0.830. The van der Waals surface area contributed by atoms with Crippen molar-refractivity contribution >= 4 is 40.7 Å². The van der Waals surface area contributed by atoms with Crippen LogP contribution < -0.4 is 15.4 Å². The fourth-order valence-electron chi connectivity index (χ4n) is 1.72. The fourth-order valence-corrected chi connectivity index (χ4v) is 2.62. The molecule has 1 aromatic carbocycles. The molecule has 1 atom stereocenters. The summed E-state index contributed by atoms with van der Waals surface area (Å²) in [5.41, 5.74) is 1.14. The highest BCUT2D eigenvalue weighted by atomic mass is 127. The zero-order valence-corrected chi connectivity index (χ0v) is 17.7. The lowest BCUT2D eigenvalue weighted by atomic mass is 10.2. The molecule has 0 aliphatic carbocycles. The molecule has 0 aliphatic heterocycles. The Labute approximate surface area is 159 Å². The van der Waals surface area contributed by atoms with E-state index < -0.39 is 10.8 Å². The van der Waals surface area contributed by atoms with E-state index in [4.69, 9.17) is 4.74 Å². The third-order valence-corrected chi connectivity index (χ3v) is 5.05. The third kappa shape index (κ3) is 8.55. The second kappa shape index (κ2) is 10.9. The Bertz CT molecular complexity index is 513. The van der Waals surface area contributed by atoms with Gasteiger partial charge in [0.15, 0.2) is 5.96 Å². The molecule has 0 aromatic heterocycles. The van der Waals surface area contributed by atoms with Gasteiger partial charge in [0.05, 0.1) is 7.11 Å². The summed E-state index contributed by atoms with van der Waals surface area (Å²) < 4.78 is 16.9. The highest BCUT2D eigenvalue weighted by Crippen LogP contribution is 2.11. The largest absolute Gasteiger partial charge is 0.497 e. The van der Waals surface area contributed by atoms with Crippen LogP contribution >= 0.6 is 24.0 Å². The molecule has 1 unspecified atom stereocenters. The minimum atomic E-state index is -0.859. The molecule has 132 valence electrons. The van der Waals surface area contributed by atoms with Gasteiger partial charge in [0.1, 0.15) is 5.75 Å². The number of hydrogen-bond donors (Lipinski definition) is 2. The Balaban J connectivity index is 0.00000484. The van der Waals surface area contributed by atoms with Crippen LogP contribution in [0.15, 0.2) is 29.3 Å². The Kier molecular flexibility index (Phi) is 10.5. The molecule has 2 N–H and O–H groups in total. The number of nitrogens with zero attached hydrogens (tertiary/aromatic N) is 1. The molecule has 0 fully saturated rings. The quantitative estimate of drug-likeness (QED) is 0.395. The fraction of sp³-hybridized carbons (Fsp3) is 0.562. The summed E-state index contributed by atoms with van der Waals surface area (Å²) in [5, 5.41) is 6.42. The maximum Gasteiger partial charge on any atom is 0.191 e. The molecule has 1 rings (SSSR count). The van der Waals surface area contributed by atoms with Crippen LogP contribution in [0.1, 0.15) is 26.3 Å².